The number of rotatable bonds is 8. The van der Waals surface area contributed by atoms with Gasteiger partial charge in [0, 0.05) is 39.8 Å². The van der Waals surface area contributed by atoms with Crippen LogP contribution in [0.15, 0.2) is 48.8 Å². The Balaban J connectivity index is 1.13. The summed E-state index contributed by atoms with van der Waals surface area (Å²) < 4.78 is 4.86. The molecule has 4 aromatic rings. The maximum Gasteiger partial charge on any atom is 0.337 e. The van der Waals surface area contributed by atoms with Crippen LogP contribution in [0, 0.1) is 0 Å². The van der Waals surface area contributed by atoms with Gasteiger partial charge in [-0.15, -0.1) is 0 Å². The molecule has 0 unspecified atom stereocenters. The molecule has 0 spiro atoms. The molecule has 1 aliphatic heterocycles. The van der Waals surface area contributed by atoms with Gasteiger partial charge in [-0.2, -0.15) is 0 Å². The minimum atomic E-state index is -0.384. The van der Waals surface area contributed by atoms with Gasteiger partial charge in [0.2, 0.25) is 5.91 Å². The van der Waals surface area contributed by atoms with Crippen LogP contribution >= 0.6 is 0 Å². The summed E-state index contributed by atoms with van der Waals surface area (Å²) >= 11 is 0. The van der Waals surface area contributed by atoms with Crippen LogP contribution in [-0.2, 0) is 11.2 Å². The van der Waals surface area contributed by atoms with E-state index in [-0.39, 0.29) is 11.9 Å². The number of unbranched alkanes of at least 4 members (excludes halogenated alkanes) is 1. The summed E-state index contributed by atoms with van der Waals surface area (Å²) in [5, 5.41) is 2.22. The highest BCUT2D eigenvalue weighted by atomic mass is 16.5. The highest BCUT2D eigenvalue weighted by molar-refractivity contribution is 5.98. The Kier molecular flexibility index (Phi) is 6.59. The Morgan fingerprint density at radius 2 is 1.66 bits per heavy atom. The summed E-state index contributed by atoms with van der Waals surface area (Å²) in [6, 6.07) is 11.3. The van der Waals surface area contributed by atoms with E-state index in [0.29, 0.717) is 17.0 Å². The average molecular weight is 473 g/mol. The van der Waals surface area contributed by atoms with Gasteiger partial charge in [-0.3, -0.25) is 4.79 Å². The predicted molar refractivity (Wildman–Crippen MR) is 138 cm³/mol. The van der Waals surface area contributed by atoms with Gasteiger partial charge in [0.15, 0.2) is 0 Å². The number of hydrogen-bond acceptors (Lipinski definition) is 4. The van der Waals surface area contributed by atoms with Crippen molar-refractivity contribution in [3.8, 4) is 0 Å². The molecule has 2 aromatic carbocycles. The number of carbonyl (C=O) groups excluding carboxylic acids is 2. The van der Waals surface area contributed by atoms with Crippen molar-refractivity contribution in [3.05, 3.63) is 71.0 Å². The lowest BCUT2D eigenvalue weighted by atomic mass is 9.88. The van der Waals surface area contributed by atoms with E-state index in [1.807, 2.05) is 24.3 Å². The van der Waals surface area contributed by atoms with E-state index in [4.69, 9.17) is 10.5 Å². The number of amides is 1. The highest BCUT2D eigenvalue weighted by Gasteiger charge is 2.23. The summed E-state index contributed by atoms with van der Waals surface area (Å²) in [6.07, 6.45) is 9.62. The van der Waals surface area contributed by atoms with Gasteiger partial charge in [-0.05, 0) is 105 Å². The van der Waals surface area contributed by atoms with Gasteiger partial charge >= 0.3 is 5.97 Å². The van der Waals surface area contributed by atoms with Crippen molar-refractivity contribution < 1.29 is 14.3 Å². The molecule has 1 amide bonds. The molecule has 4 N–H and O–H groups in total. The van der Waals surface area contributed by atoms with E-state index < -0.39 is 0 Å². The molecule has 7 nitrogen and oxygen atoms in total. The number of piperidine rings is 1. The van der Waals surface area contributed by atoms with E-state index in [2.05, 4.69) is 27.3 Å². The van der Waals surface area contributed by atoms with Gasteiger partial charge in [-0.1, -0.05) is 0 Å². The number of nitrogens with two attached hydrogens (primary N) is 1. The van der Waals surface area contributed by atoms with Crippen molar-refractivity contribution in [1.29, 1.82) is 0 Å². The average Bonchev–Trinajstić information content (AvgIpc) is 3.49. The number of carbonyl (C=O) groups is 2. The van der Waals surface area contributed by atoms with Gasteiger partial charge in [0.05, 0.1) is 12.7 Å². The highest BCUT2D eigenvalue weighted by Crippen LogP contribution is 2.33. The molecule has 7 heteroatoms. The van der Waals surface area contributed by atoms with Gasteiger partial charge in [-0.25, -0.2) is 4.79 Å². The number of likely N-dealkylation sites (tertiary alicyclic amines) is 1. The van der Waals surface area contributed by atoms with Crippen molar-refractivity contribution in [3.63, 3.8) is 0 Å². The van der Waals surface area contributed by atoms with Crippen molar-refractivity contribution in [2.45, 2.75) is 38.0 Å². The second-order valence-electron chi connectivity index (χ2n) is 9.51. The number of aromatic amines is 2. The maximum absolute atomic E-state index is 11.9. The molecule has 0 saturated carbocycles. The second-order valence-corrected chi connectivity index (χ2v) is 9.51. The second kappa shape index (κ2) is 9.96. The molecule has 182 valence electrons. The lowest BCUT2D eigenvalue weighted by molar-refractivity contribution is 0.0600. The third-order valence-electron chi connectivity index (χ3n) is 7.38. The van der Waals surface area contributed by atoms with Crippen LogP contribution in [0.25, 0.3) is 21.8 Å². The SMILES string of the molecule is COC(=O)c1ccc2[nH]cc(CCCCN3CCC(c4c[nH]c5ccc(C(N)=O)cc45)CC3)c2c1. The molecule has 0 radical (unpaired) electrons. The number of nitrogens with zero attached hydrogens (tertiary/aromatic N) is 1. The first-order valence-corrected chi connectivity index (χ1v) is 12.3. The Bertz CT molecular complexity index is 1360. The van der Waals surface area contributed by atoms with Gasteiger partial charge < -0.3 is 25.3 Å². The van der Waals surface area contributed by atoms with Crippen LogP contribution in [0.3, 0.4) is 0 Å². The molecule has 35 heavy (non-hydrogen) atoms. The number of fused-ring (bicyclic) bond motifs is 2. The van der Waals surface area contributed by atoms with Crippen LogP contribution in [0.1, 0.15) is 63.4 Å². The summed E-state index contributed by atoms with van der Waals surface area (Å²) in [5.74, 6) is -0.188. The zero-order chi connectivity index (χ0) is 24.4. The minimum Gasteiger partial charge on any atom is -0.465 e. The van der Waals surface area contributed by atoms with Crippen LogP contribution in [-0.4, -0.2) is 53.5 Å². The fourth-order valence-electron chi connectivity index (χ4n) is 5.38. The van der Waals surface area contributed by atoms with E-state index >= 15 is 0 Å². The third-order valence-corrected chi connectivity index (χ3v) is 7.38. The number of H-pyrrole nitrogens is 2. The number of primary amides is 1. The number of methoxy groups -OCH3 is 1. The molecule has 0 aliphatic carbocycles. The molecule has 2 aromatic heterocycles. The first-order valence-electron chi connectivity index (χ1n) is 12.3. The summed E-state index contributed by atoms with van der Waals surface area (Å²) in [4.78, 5) is 32.7. The Hall–Kier alpha value is -3.58. The summed E-state index contributed by atoms with van der Waals surface area (Å²) in [5.41, 5.74) is 11.3. The van der Waals surface area contributed by atoms with Crippen LogP contribution in [0.4, 0.5) is 0 Å². The largest absolute Gasteiger partial charge is 0.465 e. The molecule has 3 heterocycles. The molecular formula is C28H32N4O3. The molecule has 0 atom stereocenters. The molecule has 0 bridgehead atoms. The Morgan fingerprint density at radius 1 is 0.971 bits per heavy atom. The van der Waals surface area contributed by atoms with Gasteiger partial charge in [0.1, 0.15) is 0 Å². The van der Waals surface area contributed by atoms with Crippen LogP contribution in [0.2, 0.25) is 0 Å². The van der Waals surface area contributed by atoms with E-state index in [9.17, 15) is 9.59 Å². The van der Waals surface area contributed by atoms with Crippen molar-refractivity contribution in [2.75, 3.05) is 26.7 Å². The number of aromatic nitrogens is 2. The van der Waals surface area contributed by atoms with Gasteiger partial charge in [0.25, 0.3) is 0 Å². The fraction of sp³-hybridized carbons (Fsp3) is 0.357. The normalized spacial score (nSPS) is 15.1. The number of benzene rings is 2. The van der Waals surface area contributed by atoms with E-state index in [1.165, 1.54) is 18.2 Å². The number of aryl methyl sites for hydroxylation is 1. The Morgan fingerprint density at radius 3 is 2.40 bits per heavy atom. The molecule has 1 fully saturated rings. The molecule has 1 saturated heterocycles. The first-order chi connectivity index (χ1) is 17.0. The number of esters is 1. The zero-order valence-corrected chi connectivity index (χ0v) is 20.1. The predicted octanol–water partition coefficient (Wildman–Crippen LogP) is 4.74. The van der Waals surface area contributed by atoms with Crippen LogP contribution in [0.5, 0.6) is 0 Å². The monoisotopic (exact) mass is 472 g/mol. The lowest BCUT2D eigenvalue weighted by Gasteiger charge is -2.32. The zero-order valence-electron chi connectivity index (χ0n) is 20.1. The minimum absolute atomic E-state index is 0.302. The van der Waals surface area contributed by atoms with Crippen molar-refractivity contribution in [1.82, 2.24) is 14.9 Å². The van der Waals surface area contributed by atoms with Crippen LogP contribution < -0.4 is 5.73 Å². The lowest BCUT2D eigenvalue weighted by Crippen LogP contribution is -2.33. The topological polar surface area (TPSA) is 104 Å². The first kappa shape index (κ1) is 23.2. The summed E-state index contributed by atoms with van der Waals surface area (Å²) in [6.45, 7) is 3.27. The Labute approximate surface area is 204 Å². The standard InChI is InChI=1S/C28H32N4O3/c1-35-28(34)20-6-8-25-22(15-20)21(16-30-25)4-2-3-11-32-12-9-18(10-13-32)24-17-31-26-7-5-19(27(29)33)14-23(24)26/h5-8,14-18,30-31H,2-4,9-13H2,1H3,(H2,29,33). The number of nitrogens with one attached hydrogen (secondary N) is 2. The quantitative estimate of drug-likeness (QED) is 0.255. The summed E-state index contributed by atoms with van der Waals surface area (Å²) in [7, 11) is 1.41. The van der Waals surface area contributed by atoms with E-state index in [1.54, 1.807) is 12.1 Å². The van der Waals surface area contributed by atoms with Crippen molar-refractivity contribution >= 4 is 33.7 Å². The molecule has 1 aliphatic rings. The number of hydrogen-bond donors (Lipinski definition) is 3. The smallest absolute Gasteiger partial charge is 0.337 e. The third kappa shape index (κ3) is 4.82. The fourth-order valence-corrected chi connectivity index (χ4v) is 5.38. The molecule has 5 rings (SSSR count). The maximum atomic E-state index is 11.9. The number of ether oxygens (including phenoxy) is 1. The van der Waals surface area contributed by atoms with Crippen molar-refractivity contribution in [2.24, 2.45) is 5.73 Å². The molecular weight excluding hydrogens is 440 g/mol. The van der Waals surface area contributed by atoms with E-state index in [0.717, 1.165) is 73.5 Å².